The van der Waals surface area contributed by atoms with E-state index in [-0.39, 0.29) is 12.0 Å². The number of aryl methyl sites for hydroxylation is 1. The van der Waals surface area contributed by atoms with E-state index in [2.05, 4.69) is 64.6 Å². The van der Waals surface area contributed by atoms with Gasteiger partial charge in [0.2, 0.25) is 0 Å². The van der Waals surface area contributed by atoms with Gasteiger partial charge in [-0.25, -0.2) is 0 Å². The molecule has 0 amide bonds. The van der Waals surface area contributed by atoms with E-state index in [4.69, 9.17) is 11.3 Å². The van der Waals surface area contributed by atoms with Crippen LogP contribution in [0.1, 0.15) is 58.9 Å². The second-order valence-corrected chi connectivity index (χ2v) is 11.6. The van der Waals surface area contributed by atoms with Gasteiger partial charge < -0.3 is 14.7 Å². The molecule has 6 nitrogen and oxygen atoms in total. The van der Waals surface area contributed by atoms with Crippen LogP contribution in [-0.2, 0) is 4.74 Å². The van der Waals surface area contributed by atoms with Crippen molar-refractivity contribution in [3.63, 3.8) is 0 Å². The van der Waals surface area contributed by atoms with Gasteiger partial charge in [0.25, 0.3) is 0 Å². The molecule has 216 valence electrons. The lowest BCUT2D eigenvalue weighted by atomic mass is 9.80. The van der Waals surface area contributed by atoms with Gasteiger partial charge in [0.1, 0.15) is 5.82 Å². The Morgan fingerprint density at radius 2 is 1.62 bits per heavy atom. The zero-order chi connectivity index (χ0) is 28.0. The first-order chi connectivity index (χ1) is 18.9. The summed E-state index contributed by atoms with van der Waals surface area (Å²) in [6, 6.07) is 8.74. The maximum atomic E-state index is 10.0. The van der Waals surface area contributed by atoms with E-state index in [0.717, 1.165) is 97.0 Å². The number of fused-ring (bicyclic) bond motifs is 1. The molecular weight excluding hydrogens is 484 g/mol. The van der Waals surface area contributed by atoms with Crippen molar-refractivity contribution in [2.75, 3.05) is 77.1 Å². The standard InChI is InChI=1S/C31H46N4O2.C2H6/c1-5-26-25(3)35(29-9-7-6-8-24(29)2)30(34-14-11-31(4,23-36)12-15-34)28-22-33(13-10-27(26)28)17-16-32-18-20-37-21-19-32;1-2/h6-9,36H,3,5,10-23H2,1-2,4H3;1-2H3. The van der Waals surface area contributed by atoms with E-state index in [1.54, 1.807) is 0 Å². The third-order valence-electron chi connectivity index (χ3n) is 9.09. The minimum Gasteiger partial charge on any atom is -0.396 e. The van der Waals surface area contributed by atoms with Crippen LogP contribution in [0.4, 0.5) is 5.69 Å². The fraction of sp³-hybridized carbons (Fsp3) is 0.636. The van der Waals surface area contributed by atoms with Gasteiger partial charge >= 0.3 is 0 Å². The van der Waals surface area contributed by atoms with E-state index in [1.807, 2.05) is 13.8 Å². The number of ether oxygens (including phenoxy) is 1. The fourth-order valence-electron chi connectivity index (χ4n) is 6.47. The molecule has 1 aromatic carbocycles. The second-order valence-electron chi connectivity index (χ2n) is 11.6. The van der Waals surface area contributed by atoms with Crippen LogP contribution in [-0.4, -0.2) is 92.0 Å². The molecule has 39 heavy (non-hydrogen) atoms. The molecule has 3 saturated heterocycles. The largest absolute Gasteiger partial charge is 0.396 e. The summed E-state index contributed by atoms with van der Waals surface area (Å²) in [5.74, 6) is 1.34. The molecule has 0 bridgehead atoms. The van der Waals surface area contributed by atoms with Crippen molar-refractivity contribution in [3.8, 4) is 0 Å². The van der Waals surface area contributed by atoms with Crippen LogP contribution in [0, 0.1) is 12.3 Å². The van der Waals surface area contributed by atoms with Crippen molar-refractivity contribution in [2.45, 2.75) is 60.3 Å². The van der Waals surface area contributed by atoms with E-state index >= 15 is 0 Å². The molecule has 0 radical (unpaired) electrons. The molecule has 0 aromatic heterocycles. The molecule has 0 spiro atoms. The van der Waals surface area contributed by atoms with E-state index in [0.29, 0.717) is 0 Å². The SMILES string of the molecule is C=C1C(CC)=C2CCN(CCN3CCOCC3)CC2=C(N2CCC(C)(CO)CC2)N1c1ccccc1C.CC. The Morgan fingerprint density at radius 3 is 2.26 bits per heavy atom. The van der Waals surface area contributed by atoms with Crippen LogP contribution in [0.2, 0.25) is 0 Å². The zero-order valence-corrected chi connectivity index (χ0v) is 25.3. The summed E-state index contributed by atoms with van der Waals surface area (Å²) in [5.41, 5.74) is 8.12. The highest BCUT2D eigenvalue weighted by Gasteiger charge is 2.39. The molecular formula is C33H52N4O2. The predicted molar refractivity (Wildman–Crippen MR) is 163 cm³/mol. The number of likely N-dealkylation sites (tertiary alicyclic amines) is 2. The van der Waals surface area contributed by atoms with Crippen molar-refractivity contribution < 1.29 is 9.84 Å². The van der Waals surface area contributed by atoms with Crippen molar-refractivity contribution >= 4 is 5.69 Å². The molecule has 4 aliphatic heterocycles. The number of benzene rings is 1. The van der Waals surface area contributed by atoms with Gasteiger partial charge in [0, 0.05) is 70.2 Å². The summed E-state index contributed by atoms with van der Waals surface area (Å²) in [6.45, 7) is 25.7. The summed E-state index contributed by atoms with van der Waals surface area (Å²) < 4.78 is 5.56. The Labute approximate surface area is 237 Å². The average molecular weight is 537 g/mol. The van der Waals surface area contributed by atoms with Crippen molar-refractivity contribution in [1.82, 2.24) is 14.7 Å². The summed E-state index contributed by atoms with van der Waals surface area (Å²) in [7, 11) is 0. The van der Waals surface area contributed by atoms with Crippen molar-refractivity contribution in [1.29, 1.82) is 0 Å². The highest BCUT2D eigenvalue weighted by atomic mass is 16.5. The zero-order valence-electron chi connectivity index (χ0n) is 25.3. The van der Waals surface area contributed by atoms with Gasteiger partial charge in [-0.05, 0) is 60.8 Å². The van der Waals surface area contributed by atoms with Crippen LogP contribution in [0.25, 0.3) is 0 Å². The Bertz CT molecular complexity index is 1050. The lowest BCUT2D eigenvalue weighted by Crippen LogP contribution is -2.49. The molecule has 0 aliphatic carbocycles. The number of anilines is 1. The van der Waals surface area contributed by atoms with E-state index < -0.39 is 0 Å². The molecule has 0 saturated carbocycles. The van der Waals surface area contributed by atoms with Crippen molar-refractivity contribution in [3.05, 3.63) is 64.6 Å². The smallest absolute Gasteiger partial charge is 0.118 e. The van der Waals surface area contributed by atoms with Gasteiger partial charge in [-0.2, -0.15) is 0 Å². The van der Waals surface area contributed by atoms with Gasteiger partial charge in [0.15, 0.2) is 0 Å². The molecule has 1 N–H and O–H groups in total. The maximum absolute atomic E-state index is 10.0. The Balaban J connectivity index is 0.00000172. The third kappa shape index (κ3) is 6.45. The molecule has 5 rings (SSSR count). The number of para-hydroxylation sites is 1. The molecule has 4 aliphatic rings. The van der Waals surface area contributed by atoms with Crippen LogP contribution in [0.3, 0.4) is 0 Å². The Hall–Kier alpha value is -2.12. The number of allylic oxidation sites excluding steroid dienone is 1. The normalized spacial score (nSPS) is 22.6. The van der Waals surface area contributed by atoms with Gasteiger partial charge in [0.05, 0.1) is 18.9 Å². The van der Waals surface area contributed by atoms with Crippen LogP contribution in [0.5, 0.6) is 0 Å². The molecule has 1 aromatic rings. The summed E-state index contributed by atoms with van der Waals surface area (Å²) in [5, 5.41) is 10.0. The van der Waals surface area contributed by atoms with Gasteiger partial charge in [-0.15, -0.1) is 0 Å². The minimum absolute atomic E-state index is 0.0188. The van der Waals surface area contributed by atoms with E-state index in [1.165, 1.54) is 33.8 Å². The number of piperidine rings is 2. The summed E-state index contributed by atoms with van der Waals surface area (Å²) in [6.07, 6.45) is 4.11. The second kappa shape index (κ2) is 13.5. The first-order valence-corrected chi connectivity index (χ1v) is 15.3. The van der Waals surface area contributed by atoms with Gasteiger partial charge in [-0.3, -0.25) is 14.7 Å². The number of morpholine rings is 1. The van der Waals surface area contributed by atoms with E-state index in [9.17, 15) is 5.11 Å². The first-order valence-electron chi connectivity index (χ1n) is 15.3. The number of aliphatic hydroxyl groups is 1. The maximum Gasteiger partial charge on any atom is 0.118 e. The third-order valence-corrected chi connectivity index (χ3v) is 9.09. The number of hydrogen-bond donors (Lipinski definition) is 1. The number of rotatable bonds is 7. The summed E-state index contributed by atoms with van der Waals surface area (Å²) >= 11 is 0. The number of nitrogens with zero attached hydrogens (tertiary/aromatic N) is 4. The summed E-state index contributed by atoms with van der Waals surface area (Å²) in [4.78, 5) is 10.3. The highest BCUT2D eigenvalue weighted by molar-refractivity contribution is 5.71. The minimum atomic E-state index is 0.0188. The average Bonchev–Trinajstić information content (AvgIpc) is 2.98. The molecule has 0 unspecified atom stereocenters. The molecule has 6 heteroatoms. The lowest BCUT2D eigenvalue weighted by molar-refractivity contribution is 0.0334. The van der Waals surface area contributed by atoms with Crippen LogP contribution in [0.15, 0.2) is 59.1 Å². The highest BCUT2D eigenvalue weighted by Crippen LogP contribution is 2.45. The number of hydrogen-bond acceptors (Lipinski definition) is 6. The predicted octanol–water partition coefficient (Wildman–Crippen LogP) is 5.41. The quantitative estimate of drug-likeness (QED) is 0.503. The number of aliphatic hydroxyl groups excluding tert-OH is 1. The van der Waals surface area contributed by atoms with Crippen LogP contribution >= 0.6 is 0 Å². The Morgan fingerprint density at radius 1 is 0.949 bits per heavy atom. The fourth-order valence-corrected chi connectivity index (χ4v) is 6.47. The topological polar surface area (TPSA) is 42.4 Å². The first kappa shape index (κ1) is 29.9. The molecule has 3 fully saturated rings. The molecule has 4 heterocycles. The van der Waals surface area contributed by atoms with Gasteiger partial charge in [-0.1, -0.05) is 52.5 Å². The van der Waals surface area contributed by atoms with Crippen molar-refractivity contribution in [2.24, 2.45) is 5.41 Å². The molecule has 0 atom stereocenters. The monoisotopic (exact) mass is 536 g/mol. The lowest BCUT2D eigenvalue weighted by Gasteiger charge is -2.49. The van der Waals surface area contributed by atoms with Crippen LogP contribution < -0.4 is 4.90 Å². The Kier molecular flexibility index (Phi) is 10.3.